The van der Waals surface area contributed by atoms with E-state index in [-0.39, 0.29) is 5.78 Å². The fourth-order valence-electron chi connectivity index (χ4n) is 0. The first kappa shape index (κ1) is 10.6. The van der Waals surface area contributed by atoms with Gasteiger partial charge >= 0.3 is 0 Å². The lowest BCUT2D eigenvalue weighted by atomic mass is 10.6. The van der Waals surface area contributed by atoms with Crippen LogP contribution in [0.15, 0.2) is 0 Å². The Morgan fingerprint density at radius 2 is 1.88 bits per heavy atom. The summed E-state index contributed by atoms with van der Waals surface area (Å²) in [7, 11) is 0. The highest BCUT2D eigenvalue weighted by molar-refractivity contribution is 9.09. The number of hydrogen-bond donors (Lipinski definition) is 0. The minimum absolute atomic E-state index is 0.167. The second-order valence-corrected chi connectivity index (χ2v) is 1.76. The van der Waals surface area contributed by atoms with Crippen LogP contribution in [-0.4, -0.2) is 11.1 Å². The molecule has 0 unspecified atom stereocenters. The van der Waals surface area contributed by atoms with Crippen molar-refractivity contribution in [3.05, 3.63) is 0 Å². The molecule has 0 bridgehead atoms. The summed E-state index contributed by atoms with van der Waals surface area (Å²) in [5.74, 6) is 0.167. The largest absolute Gasteiger partial charge is 0.300 e. The topological polar surface area (TPSA) is 40.9 Å². The van der Waals surface area contributed by atoms with Gasteiger partial charge < -0.3 is 4.79 Å². The number of Topliss-reactive ketones (excluding diaryl/α,β-unsaturated/α-hetero) is 1. The van der Waals surface area contributed by atoms with Gasteiger partial charge in [0.1, 0.15) is 5.78 Å². The lowest BCUT2D eigenvalue weighted by Gasteiger charge is -1.56. The van der Waals surface area contributed by atoms with Gasteiger partial charge in [0, 0.05) is 0 Å². The second kappa shape index (κ2) is 9.81. The van der Waals surface area contributed by atoms with Crippen LogP contribution in [0.4, 0.5) is 0 Å². The number of nitriles is 1. The van der Waals surface area contributed by atoms with E-state index in [9.17, 15) is 4.79 Å². The van der Waals surface area contributed by atoms with E-state index in [4.69, 9.17) is 5.26 Å². The molecule has 0 aromatic carbocycles. The summed E-state index contributed by atoms with van der Waals surface area (Å²) in [6.45, 7) is 3.06. The van der Waals surface area contributed by atoms with Crippen molar-refractivity contribution in [3.8, 4) is 6.07 Å². The van der Waals surface area contributed by atoms with Crippen LogP contribution >= 0.6 is 15.9 Å². The van der Waals surface area contributed by atoms with Crippen molar-refractivity contribution in [1.29, 1.82) is 5.26 Å². The molecule has 0 spiro atoms. The first-order valence-electron chi connectivity index (χ1n) is 2.05. The van der Waals surface area contributed by atoms with E-state index in [1.54, 1.807) is 0 Å². The molecule has 8 heavy (non-hydrogen) atoms. The predicted octanol–water partition coefficient (Wildman–Crippen LogP) is 1.50. The van der Waals surface area contributed by atoms with Gasteiger partial charge in [0.15, 0.2) is 0 Å². The number of alkyl halides is 1. The van der Waals surface area contributed by atoms with Gasteiger partial charge in [-0.2, -0.15) is 5.26 Å². The molecule has 0 atom stereocenters. The van der Waals surface area contributed by atoms with Crippen molar-refractivity contribution in [2.45, 2.75) is 13.8 Å². The van der Waals surface area contributed by atoms with E-state index in [1.165, 1.54) is 13.8 Å². The Kier molecular flexibility index (Phi) is 13.0. The summed E-state index contributed by atoms with van der Waals surface area (Å²) >= 11 is 2.89. The first-order valence-corrected chi connectivity index (χ1v) is 3.17. The maximum Gasteiger partial charge on any atom is 0.126 e. The molecule has 3 heteroatoms. The molecule has 0 aliphatic heterocycles. The number of carbonyl (C=O) groups is 1. The zero-order valence-electron chi connectivity index (χ0n) is 4.94. The Labute approximate surface area is 57.6 Å². The summed E-state index contributed by atoms with van der Waals surface area (Å²) in [4.78, 5) is 9.44. The molecule has 0 rings (SSSR count). The van der Waals surface area contributed by atoms with Crippen LogP contribution in [0.2, 0.25) is 0 Å². The summed E-state index contributed by atoms with van der Waals surface area (Å²) < 4.78 is 0. The van der Waals surface area contributed by atoms with E-state index in [1.807, 2.05) is 6.07 Å². The van der Waals surface area contributed by atoms with Crippen LogP contribution in [0.1, 0.15) is 13.8 Å². The third-order valence-corrected chi connectivity index (χ3v) is 0.311. The predicted molar refractivity (Wildman–Crippen MR) is 35.8 cm³/mol. The van der Waals surface area contributed by atoms with E-state index < -0.39 is 0 Å². The molecule has 0 aliphatic carbocycles. The number of nitrogens with zero attached hydrogens (tertiary/aromatic N) is 1. The van der Waals surface area contributed by atoms with Gasteiger partial charge in [-0.15, -0.1) is 0 Å². The Morgan fingerprint density at radius 1 is 1.75 bits per heavy atom. The molecule has 0 N–H and O–H groups in total. The van der Waals surface area contributed by atoms with Gasteiger partial charge in [0.05, 0.1) is 11.4 Å². The van der Waals surface area contributed by atoms with Crippen LogP contribution < -0.4 is 0 Å². The van der Waals surface area contributed by atoms with Crippen molar-refractivity contribution in [2.24, 2.45) is 0 Å². The highest BCUT2D eigenvalue weighted by atomic mass is 79.9. The lowest BCUT2D eigenvalue weighted by molar-refractivity contribution is -0.114. The highest BCUT2D eigenvalue weighted by Gasteiger charge is 1.62. The third kappa shape index (κ3) is 296. The molecular weight excluding hydrogens is 170 g/mol. The van der Waals surface area contributed by atoms with Gasteiger partial charge in [0.2, 0.25) is 0 Å². The van der Waals surface area contributed by atoms with E-state index in [0.717, 1.165) is 0 Å². The summed E-state index contributed by atoms with van der Waals surface area (Å²) in [5.41, 5.74) is 0. The van der Waals surface area contributed by atoms with Crippen molar-refractivity contribution < 1.29 is 4.79 Å². The highest BCUT2D eigenvalue weighted by Crippen LogP contribution is 1.68. The molecule has 46 valence electrons. The third-order valence-electron chi connectivity index (χ3n) is 0.0598. The van der Waals surface area contributed by atoms with Crippen molar-refractivity contribution in [3.63, 3.8) is 0 Å². The van der Waals surface area contributed by atoms with E-state index >= 15 is 0 Å². The van der Waals surface area contributed by atoms with Crippen LogP contribution in [0.25, 0.3) is 0 Å². The summed E-state index contributed by atoms with van der Waals surface area (Å²) in [6, 6.07) is 1.85. The maximum absolute atomic E-state index is 9.44. The van der Waals surface area contributed by atoms with Gasteiger partial charge in [-0.3, -0.25) is 0 Å². The minimum atomic E-state index is 0.167. The monoisotopic (exact) mass is 177 g/mol. The average molecular weight is 178 g/mol. The Hall–Kier alpha value is -0.360. The van der Waals surface area contributed by atoms with E-state index in [0.29, 0.717) is 5.33 Å². The number of ketones is 1. The quantitative estimate of drug-likeness (QED) is 0.527. The van der Waals surface area contributed by atoms with Gasteiger partial charge in [-0.05, 0) is 13.8 Å². The second-order valence-electron chi connectivity index (χ2n) is 1.20. The maximum atomic E-state index is 9.44. The fraction of sp³-hybridized carbons (Fsp3) is 0.600. The summed E-state index contributed by atoms with van der Waals surface area (Å²) in [6.07, 6.45) is 0. The SMILES string of the molecule is CC(C)=O.N#CCBr. The Morgan fingerprint density at radius 3 is 1.88 bits per heavy atom. The molecule has 0 aromatic rings. The molecule has 0 saturated carbocycles. The zero-order chi connectivity index (χ0) is 6.99. The molecule has 0 radical (unpaired) electrons. The average Bonchev–Trinajstić information content (AvgIpc) is 1.65. The van der Waals surface area contributed by atoms with E-state index in [2.05, 4.69) is 15.9 Å². The van der Waals surface area contributed by atoms with Crippen LogP contribution in [0, 0.1) is 11.3 Å². The lowest BCUT2D eigenvalue weighted by Crippen LogP contribution is -1.69. The molecule has 2 nitrogen and oxygen atoms in total. The molecule has 0 heterocycles. The molecule has 0 aliphatic rings. The summed E-state index contributed by atoms with van der Waals surface area (Å²) in [5, 5.41) is 8.02. The minimum Gasteiger partial charge on any atom is -0.300 e. The smallest absolute Gasteiger partial charge is 0.126 e. The van der Waals surface area contributed by atoms with Crippen LogP contribution in [-0.2, 0) is 4.79 Å². The van der Waals surface area contributed by atoms with Crippen LogP contribution in [0.3, 0.4) is 0 Å². The van der Waals surface area contributed by atoms with Gasteiger partial charge in [-0.1, -0.05) is 15.9 Å². The van der Waals surface area contributed by atoms with Crippen molar-refractivity contribution >= 4 is 21.7 Å². The number of carbonyl (C=O) groups excluding carboxylic acids is 1. The van der Waals surface area contributed by atoms with Gasteiger partial charge in [-0.25, -0.2) is 0 Å². The first-order chi connectivity index (χ1) is 3.65. The number of rotatable bonds is 0. The number of halogens is 1. The molecule has 0 saturated heterocycles. The molecule has 0 amide bonds. The molecule has 0 aromatic heterocycles. The molecule has 0 fully saturated rings. The Bertz CT molecular complexity index is 91.1. The Balaban J connectivity index is 0. The molecular formula is C5H8BrNO. The van der Waals surface area contributed by atoms with Gasteiger partial charge in [0.25, 0.3) is 0 Å². The van der Waals surface area contributed by atoms with Crippen LogP contribution in [0.5, 0.6) is 0 Å². The normalized spacial score (nSPS) is 5.75. The fourth-order valence-corrected chi connectivity index (χ4v) is 0. The standard InChI is InChI=1S/C3H6O.C2H2BrN/c1-3(2)4;3-1-2-4/h1-2H3;1H2. The van der Waals surface area contributed by atoms with Crippen molar-refractivity contribution in [1.82, 2.24) is 0 Å². The van der Waals surface area contributed by atoms with Crippen molar-refractivity contribution in [2.75, 3.05) is 5.33 Å². The zero-order valence-corrected chi connectivity index (χ0v) is 6.53. The number of hydrogen-bond acceptors (Lipinski definition) is 2.